The van der Waals surface area contributed by atoms with Crippen LogP contribution in [0.25, 0.3) is 0 Å². The quantitative estimate of drug-likeness (QED) is 0.430. The summed E-state index contributed by atoms with van der Waals surface area (Å²) in [6, 6.07) is 6.05. The average molecular weight is 370 g/mol. The monoisotopic (exact) mass is 370 g/mol. The zero-order chi connectivity index (χ0) is 16.7. The highest BCUT2D eigenvalue weighted by Crippen LogP contribution is 2.29. The number of nitrogens with zero attached hydrogens (tertiary/aromatic N) is 3. The van der Waals surface area contributed by atoms with Gasteiger partial charge in [-0.05, 0) is 12.5 Å². The second-order valence-corrected chi connectivity index (χ2v) is 7.84. The van der Waals surface area contributed by atoms with Crippen LogP contribution < -0.4 is 5.32 Å². The molecule has 2 aromatic rings. The number of nitrogens with one attached hydrogen (secondary N) is 1. The lowest BCUT2D eigenvalue weighted by Crippen LogP contribution is -2.15. The number of carbonyl (C=O) groups is 1. The number of hydrogen-bond donors (Lipinski definition) is 1. The molecule has 1 heterocycles. The Labute approximate surface area is 145 Å². The van der Waals surface area contributed by atoms with Crippen molar-refractivity contribution in [2.45, 2.75) is 22.0 Å². The van der Waals surface area contributed by atoms with Crippen LogP contribution in [0.15, 0.2) is 32.9 Å². The van der Waals surface area contributed by atoms with E-state index in [-0.39, 0.29) is 23.0 Å². The fourth-order valence-electron chi connectivity index (χ4n) is 1.56. The van der Waals surface area contributed by atoms with Gasteiger partial charge in [-0.3, -0.25) is 14.9 Å². The number of benzene rings is 1. The number of nitro benzene ring substituents is 1. The van der Waals surface area contributed by atoms with Gasteiger partial charge >= 0.3 is 0 Å². The van der Waals surface area contributed by atoms with Crippen molar-refractivity contribution in [2.75, 3.05) is 16.8 Å². The third-order valence-electron chi connectivity index (χ3n) is 2.52. The number of hydrogen-bond acceptors (Lipinski definition) is 8. The normalized spacial score (nSPS) is 10.5. The number of para-hydroxylation sites is 2. The van der Waals surface area contributed by atoms with Crippen molar-refractivity contribution in [3.8, 4) is 0 Å². The predicted octanol–water partition coefficient (Wildman–Crippen LogP) is 3.68. The van der Waals surface area contributed by atoms with Gasteiger partial charge in [0.05, 0.1) is 10.7 Å². The summed E-state index contributed by atoms with van der Waals surface area (Å²) in [5.41, 5.74) is 0.0690. The van der Waals surface area contributed by atoms with Gasteiger partial charge < -0.3 is 5.32 Å². The zero-order valence-electron chi connectivity index (χ0n) is 12.2. The minimum Gasteiger partial charge on any atom is -0.320 e. The number of anilines is 1. The maximum Gasteiger partial charge on any atom is 0.292 e. The summed E-state index contributed by atoms with van der Waals surface area (Å²) >= 11 is 4.35. The Morgan fingerprint density at radius 2 is 2.00 bits per heavy atom. The van der Waals surface area contributed by atoms with Crippen molar-refractivity contribution in [2.24, 2.45) is 0 Å². The second-order valence-electron chi connectivity index (χ2n) is 4.29. The highest BCUT2D eigenvalue weighted by molar-refractivity contribution is 8.03. The van der Waals surface area contributed by atoms with Crippen molar-refractivity contribution in [3.63, 3.8) is 0 Å². The molecule has 0 unspecified atom stereocenters. The Kier molecular flexibility index (Phi) is 6.81. The number of rotatable bonds is 8. The largest absolute Gasteiger partial charge is 0.320 e. The van der Waals surface area contributed by atoms with Crippen LogP contribution in [0.3, 0.4) is 0 Å². The van der Waals surface area contributed by atoms with E-state index in [4.69, 9.17) is 0 Å². The van der Waals surface area contributed by atoms with Gasteiger partial charge in [-0.15, -0.1) is 10.2 Å². The summed E-state index contributed by atoms with van der Waals surface area (Å²) in [7, 11) is 0. The summed E-state index contributed by atoms with van der Waals surface area (Å²) < 4.78 is 1.59. The molecule has 0 radical (unpaired) electrons. The molecule has 1 aromatic carbocycles. The number of nitro groups is 1. The summed E-state index contributed by atoms with van der Waals surface area (Å²) in [4.78, 5) is 22.3. The maximum absolute atomic E-state index is 11.9. The van der Waals surface area contributed by atoms with Crippen LogP contribution in [0.2, 0.25) is 0 Å². The summed E-state index contributed by atoms with van der Waals surface area (Å²) in [6.45, 7) is 2.09. The van der Waals surface area contributed by atoms with Gasteiger partial charge in [0.25, 0.3) is 5.69 Å². The van der Waals surface area contributed by atoms with E-state index in [1.807, 2.05) is 0 Å². The molecule has 0 fully saturated rings. The van der Waals surface area contributed by atoms with E-state index in [1.165, 1.54) is 35.2 Å². The van der Waals surface area contributed by atoms with E-state index in [2.05, 4.69) is 22.4 Å². The number of amides is 1. The molecule has 7 nitrogen and oxygen atoms in total. The van der Waals surface area contributed by atoms with Crippen LogP contribution in [0.1, 0.15) is 13.3 Å². The summed E-state index contributed by atoms with van der Waals surface area (Å²) in [5.74, 6) is 0.790. The minimum absolute atomic E-state index is 0.124. The molecule has 122 valence electrons. The first-order valence-corrected chi connectivity index (χ1v) is 9.51. The fraction of sp³-hybridized carbons (Fsp3) is 0.308. The van der Waals surface area contributed by atoms with Crippen molar-refractivity contribution in [3.05, 3.63) is 34.4 Å². The van der Waals surface area contributed by atoms with Gasteiger partial charge in [0.1, 0.15) is 5.69 Å². The Morgan fingerprint density at radius 1 is 1.30 bits per heavy atom. The van der Waals surface area contributed by atoms with Crippen molar-refractivity contribution in [1.29, 1.82) is 0 Å². The summed E-state index contributed by atoms with van der Waals surface area (Å²) in [5, 5.41) is 21.5. The second kappa shape index (κ2) is 8.85. The predicted molar refractivity (Wildman–Crippen MR) is 93.4 cm³/mol. The zero-order valence-corrected chi connectivity index (χ0v) is 14.7. The Morgan fingerprint density at radius 3 is 2.70 bits per heavy atom. The van der Waals surface area contributed by atoms with E-state index >= 15 is 0 Å². The molecule has 0 saturated heterocycles. The molecular formula is C13H14N4O3S3. The van der Waals surface area contributed by atoms with Gasteiger partial charge in [0, 0.05) is 11.8 Å². The molecule has 23 heavy (non-hydrogen) atoms. The van der Waals surface area contributed by atoms with Crippen LogP contribution in [0, 0.1) is 10.1 Å². The van der Waals surface area contributed by atoms with E-state index in [0.717, 1.165) is 16.5 Å². The van der Waals surface area contributed by atoms with Gasteiger partial charge in [0.15, 0.2) is 8.68 Å². The minimum atomic E-state index is -0.523. The smallest absolute Gasteiger partial charge is 0.292 e. The molecule has 0 aliphatic rings. The van der Waals surface area contributed by atoms with Crippen LogP contribution in [-0.2, 0) is 4.79 Å². The average Bonchev–Trinajstić information content (AvgIpc) is 2.99. The molecule has 0 aliphatic carbocycles. The number of thioether (sulfide) groups is 2. The number of carbonyl (C=O) groups excluding carboxylic acids is 1. The van der Waals surface area contributed by atoms with Crippen molar-refractivity contribution >= 4 is 52.1 Å². The van der Waals surface area contributed by atoms with Gasteiger partial charge in [-0.1, -0.05) is 53.9 Å². The van der Waals surface area contributed by atoms with Gasteiger partial charge in [0.2, 0.25) is 5.91 Å². The molecule has 1 aromatic heterocycles. The van der Waals surface area contributed by atoms with Crippen molar-refractivity contribution < 1.29 is 9.72 Å². The first kappa shape index (κ1) is 17.7. The fourth-order valence-corrected chi connectivity index (χ4v) is 4.30. The molecule has 0 spiro atoms. The first-order chi connectivity index (χ1) is 11.1. The number of aromatic nitrogens is 2. The Hall–Kier alpha value is -1.65. The molecule has 0 saturated carbocycles. The molecule has 0 atom stereocenters. The molecule has 0 aliphatic heterocycles. The van der Waals surface area contributed by atoms with E-state index in [1.54, 1.807) is 23.9 Å². The van der Waals surface area contributed by atoms with Crippen LogP contribution in [0.4, 0.5) is 11.4 Å². The van der Waals surface area contributed by atoms with Crippen LogP contribution >= 0.6 is 34.9 Å². The SMILES string of the molecule is CCCSc1nnc(SCC(=O)Nc2ccccc2[N+](=O)[O-])s1. The lowest BCUT2D eigenvalue weighted by atomic mass is 10.2. The molecule has 0 bridgehead atoms. The molecule has 1 amide bonds. The van der Waals surface area contributed by atoms with Crippen LogP contribution in [-0.4, -0.2) is 32.5 Å². The Balaban J connectivity index is 1.88. The maximum atomic E-state index is 11.9. The van der Waals surface area contributed by atoms with Crippen LogP contribution in [0.5, 0.6) is 0 Å². The van der Waals surface area contributed by atoms with E-state index in [9.17, 15) is 14.9 Å². The third-order valence-corrected chi connectivity index (χ3v) is 5.91. The topological polar surface area (TPSA) is 98.0 Å². The molecule has 2 rings (SSSR count). The molecular weight excluding hydrogens is 356 g/mol. The molecule has 1 N–H and O–H groups in total. The van der Waals surface area contributed by atoms with E-state index in [0.29, 0.717) is 4.34 Å². The van der Waals surface area contributed by atoms with Crippen molar-refractivity contribution in [1.82, 2.24) is 10.2 Å². The molecule has 10 heteroatoms. The highest BCUT2D eigenvalue weighted by atomic mass is 32.2. The Bertz CT molecular complexity index is 693. The third kappa shape index (κ3) is 5.48. The van der Waals surface area contributed by atoms with E-state index < -0.39 is 4.92 Å². The lowest BCUT2D eigenvalue weighted by molar-refractivity contribution is -0.383. The summed E-state index contributed by atoms with van der Waals surface area (Å²) in [6.07, 6.45) is 1.06. The highest BCUT2D eigenvalue weighted by Gasteiger charge is 2.15. The first-order valence-electron chi connectivity index (χ1n) is 6.72. The van der Waals surface area contributed by atoms with Gasteiger partial charge in [-0.2, -0.15) is 0 Å². The lowest BCUT2D eigenvalue weighted by Gasteiger charge is -2.04. The van der Waals surface area contributed by atoms with Gasteiger partial charge in [-0.25, -0.2) is 0 Å². The standard InChI is InChI=1S/C13H14N4O3S3/c1-2-7-21-12-15-16-13(23-12)22-8-11(18)14-9-5-3-4-6-10(9)17(19)20/h3-6H,2,7-8H2,1H3,(H,14,18).